The van der Waals surface area contributed by atoms with Gasteiger partial charge in [0.2, 0.25) is 0 Å². The molecule has 17 heavy (non-hydrogen) atoms. The van der Waals surface area contributed by atoms with Gasteiger partial charge in [-0.05, 0) is 13.8 Å². The number of aromatic nitrogens is 2. The summed E-state index contributed by atoms with van der Waals surface area (Å²) in [6.45, 7) is 6.30. The molecule has 1 fully saturated rings. The lowest BCUT2D eigenvalue weighted by Crippen LogP contribution is -2.38. The second-order valence-electron chi connectivity index (χ2n) is 4.02. The highest BCUT2D eigenvalue weighted by Crippen LogP contribution is 2.21. The molecule has 1 aromatic heterocycles. The number of ether oxygens (including phenoxy) is 1. The predicted octanol–water partition coefficient (Wildman–Crippen LogP) is 0.0289. The van der Waals surface area contributed by atoms with E-state index in [1.165, 1.54) is 0 Å². The van der Waals surface area contributed by atoms with Crippen LogP contribution in [0.15, 0.2) is 0 Å². The smallest absolute Gasteiger partial charge is 0.254 e. The van der Waals surface area contributed by atoms with Crippen molar-refractivity contribution in [3.63, 3.8) is 0 Å². The number of hydrogen-bond donors (Lipinski definition) is 1. The Kier molecular flexibility index (Phi) is 3.23. The number of carbonyl (C=O) groups is 1. The van der Waals surface area contributed by atoms with E-state index < -0.39 is 5.91 Å². The molecule has 1 aromatic rings. The van der Waals surface area contributed by atoms with E-state index in [-0.39, 0.29) is 0 Å². The summed E-state index contributed by atoms with van der Waals surface area (Å²) in [5.41, 5.74) is 6.44. The van der Waals surface area contributed by atoms with E-state index in [0.717, 1.165) is 13.1 Å². The molecule has 2 rings (SSSR count). The molecular weight excluding hydrogens is 220 g/mol. The fourth-order valence-corrected chi connectivity index (χ4v) is 1.99. The van der Waals surface area contributed by atoms with Gasteiger partial charge in [0, 0.05) is 13.1 Å². The first kappa shape index (κ1) is 11.8. The Morgan fingerprint density at radius 1 is 1.29 bits per heavy atom. The largest absolute Gasteiger partial charge is 0.378 e. The second kappa shape index (κ2) is 4.67. The molecule has 6 heteroatoms. The standard InChI is InChI=1S/C11H16N4O2/c1-7-9(10(12)16)11(14-8(2)13-7)15-3-5-17-6-4-15/h3-6H2,1-2H3,(H2,12,16). The highest BCUT2D eigenvalue weighted by Gasteiger charge is 2.21. The number of morpholine rings is 1. The Balaban J connectivity index is 2.46. The number of anilines is 1. The number of nitrogens with two attached hydrogens (primary N) is 1. The van der Waals surface area contributed by atoms with Gasteiger partial charge in [-0.1, -0.05) is 0 Å². The fourth-order valence-electron chi connectivity index (χ4n) is 1.99. The Morgan fingerprint density at radius 3 is 2.53 bits per heavy atom. The number of hydrogen-bond acceptors (Lipinski definition) is 5. The van der Waals surface area contributed by atoms with Gasteiger partial charge in [-0.3, -0.25) is 4.79 Å². The van der Waals surface area contributed by atoms with Crippen molar-refractivity contribution in [3.8, 4) is 0 Å². The topological polar surface area (TPSA) is 81.3 Å². The van der Waals surface area contributed by atoms with E-state index in [0.29, 0.717) is 36.1 Å². The molecule has 0 aliphatic carbocycles. The predicted molar refractivity (Wildman–Crippen MR) is 63.1 cm³/mol. The Hall–Kier alpha value is -1.69. The summed E-state index contributed by atoms with van der Waals surface area (Å²) in [7, 11) is 0. The Labute approximate surface area is 99.8 Å². The van der Waals surface area contributed by atoms with Crippen molar-refractivity contribution in [2.75, 3.05) is 31.2 Å². The molecule has 0 saturated carbocycles. The average Bonchev–Trinajstić information content (AvgIpc) is 2.28. The van der Waals surface area contributed by atoms with Gasteiger partial charge in [0.1, 0.15) is 17.2 Å². The van der Waals surface area contributed by atoms with Crippen molar-refractivity contribution in [3.05, 3.63) is 17.1 Å². The van der Waals surface area contributed by atoms with E-state index in [4.69, 9.17) is 10.5 Å². The number of nitrogens with zero attached hydrogens (tertiary/aromatic N) is 3. The Morgan fingerprint density at radius 2 is 1.94 bits per heavy atom. The van der Waals surface area contributed by atoms with Crippen LogP contribution in [0.1, 0.15) is 21.9 Å². The molecule has 2 N–H and O–H groups in total. The van der Waals surface area contributed by atoms with Crippen LogP contribution in [0.4, 0.5) is 5.82 Å². The third-order valence-electron chi connectivity index (χ3n) is 2.74. The van der Waals surface area contributed by atoms with Crippen LogP contribution in [-0.2, 0) is 4.74 Å². The van der Waals surface area contributed by atoms with E-state index in [2.05, 4.69) is 9.97 Å². The number of primary amides is 1. The van der Waals surface area contributed by atoms with Crippen molar-refractivity contribution < 1.29 is 9.53 Å². The minimum absolute atomic E-state index is 0.414. The van der Waals surface area contributed by atoms with Crippen molar-refractivity contribution >= 4 is 11.7 Å². The van der Waals surface area contributed by atoms with Crippen molar-refractivity contribution in [2.24, 2.45) is 5.73 Å². The third-order valence-corrected chi connectivity index (χ3v) is 2.74. The summed E-state index contributed by atoms with van der Waals surface area (Å²) < 4.78 is 5.28. The minimum Gasteiger partial charge on any atom is -0.378 e. The fraction of sp³-hybridized carbons (Fsp3) is 0.545. The maximum absolute atomic E-state index is 11.5. The molecule has 1 aliphatic heterocycles. The van der Waals surface area contributed by atoms with Crippen molar-refractivity contribution in [1.29, 1.82) is 0 Å². The lowest BCUT2D eigenvalue weighted by atomic mass is 10.2. The SMILES string of the molecule is Cc1nc(C)c(C(N)=O)c(N2CCOCC2)n1. The van der Waals surface area contributed by atoms with Gasteiger partial charge in [-0.2, -0.15) is 0 Å². The quantitative estimate of drug-likeness (QED) is 0.783. The number of amides is 1. The van der Waals surface area contributed by atoms with E-state index in [1.54, 1.807) is 6.92 Å². The zero-order valence-electron chi connectivity index (χ0n) is 10.1. The molecule has 0 aromatic carbocycles. The number of aryl methyl sites for hydroxylation is 2. The molecule has 1 saturated heterocycles. The van der Waals surface area contributed by atoms with Gasteiger partial charge in [0.05, 0.1) is 18.9 Å². The summed E-state index contributed by atoms with van der Waals surface area (Å²) >= 11 is 0. The molecule has 6 nitrogen and oxygen atoms in total. The van der Waals surface area contributed by atoms with Crippen molar-refractivity contribution in [2.45, 2.75) is 13.8 Å². The highest BCUT2D eigenvalue weighted by molar-refractivity contribution is 5.98. The molecule has 0 atom stereocenters. The summed E-state index contributed by atoms with van der Waals surface area (Å²) in [6.07, 6.45) is 0. The normalized spacial score (nSPS) is 16.0. The first-order valence-electron chi connectivity index (χ1n) is 5.57. The molecule has 0 spiro atoms. The maximum atomic E-state index is 11.5. The van der Waals surface area contributed by atoms with Crippen molar-refractivity contribution in [1.82, 2.24) is 9.97 Å². The van der Waals surface area contributed by atoms with Crippen LogP contribution in [0, 0.1) is 13.8 Å². The highest BCUT2D eigenvalue weighted by atomic mass is 16.5. The van der Waals surface area contributed by atoms with Gasteiger partial charge >= 0.3 is 0 Å². The third kappa shape index (κ3) is 2.36. The minimum atomic E-state index is -0.482. The van der Waals surface area contributed by atoms with Crippen LogP contribution in [0.2, 0.25) is 0 Å². The molecule has 0 bridgehead atoms. The number of carbonyl (C=O) groups excluding carboxylic acids is 1. The molecule has 0 unspecified atom stereocenters. The molecule has 92 valence electrons. The van der Waals surface area contributed by atoms with Gasteiger partial charge in [0.25, 0.3) is 5.91 Å². The summed E-state index contributed by atoms with van der Waals surface area (Å²) in [5.74, 6) is 0.795. The van der Waals surface area contributed by atoms with Crippen LogP contribution in [0.25, 0.3) is 0 Å². The lowest BCUT2D eigenvalue weighted by molar-refractivity contribution is 0.0997. The monoisotopic (exact) mass is 236 g/mol. The summed E-state index contributed by atoms with van der Waals surface area (Å²) in [5, 5.41) is 0. The second-order valence-corrected chi connectivity index (χ2v) is 4.02. The van der Waals surface area contributed by atoms with Crippen LogP contribution in [-0.4, -0.2) is 42.2 Å². The molecule has 1 amide bonds. The molecule has 1 aliphatic rings. The lowest BCUT2D eigenvalue weighted by Gasteiger charge is -2.29. The van der Waals surface area contributed by atoms with E-state index >= 15 is 0 Å². The Bertz CT molecular complexity index is 441. The van der Waals surface area contributed by atoms with Crippen LogP contribution >= 0.6 is 0 Å². The number of rotatable bonds is 2. The van der Waals surface area contributed by atoms with E-state index in [1.807, 2.05) is 11.8 Å². The molecular formula is C11H16N4O2. The zero-order valence-corrected chi connectivity index (χ0v) is 10.1. The first-order chi connectivity index (χ1) is 8.09. The van der Waals surface area contributed by atoms with Gasteiger partial charge in [0.15, 0.2) is 0 Å². The first-order valence-corrected chi connectivity index (χ1v) is 5.57. The van der Waals surface area contributed by atoms with Gasteiger partial charge in [-0.15, -0.1) is 0 Å². The maximum Gasteiger partial charge on any atom is 0.254 e. The van der Waals surface area contributed by atoms with E-state index in [9.17, 15) is 4.79 Å². The summed E-state index contributed by atoms with van der Waals surface area (Å²) in [4.78, 5) is 22.0. The van der Waals surface area contributed by atoms with Crippen LogP contribution in [0.3, 0.4) is 0 Å². The molecule has 0 radical (unpaired) electrons. The van der Waals surface area contributed by atoms with Crippen LogP contribution in [0.5, 0.6) is 0 Å². The van der Waals surface area contributed by atoms with Gasteiger partial charge in [-0.25, -0.2) is 9.97 Å². The van der Waals surface area contributed by atoms with Gasteiger partial charge < -0.3 is 15.4 Å². The summed E-state index contributed by atoms with van der Waals surface area (Å²) in [6, 6.07) is 0. The zero-order chi connectivity index (χ0) is 12.4. The van der Waals surface area contributed by atoms with Crippen LogP contribution < -0.4 is 10.6 Å². The average molecular weight is 236 g/mol. The molecule has 2 heterocycles.